The quantitative estimate of drug-likeness (QED) is 0.557. The normalized spacial score (nSPS) is 11.8. The molecule has 14 heavy (non-hydrogen) atoms. The van der Waals surface area contributed by atoms with Crippen LogP contribution in [0.25, 0.3) is 0 Å². The second kappa shape index (κ2) is 4.00. The van der Waals surface area contributed by atoms with Crippen molar-refractivity contribution in [3.8, 4) is 0 Å². The second-order valence-electron chi connectivity index (χ2n) is 3.77. The molecule has 0 unspecified atom stereocenters. The monoisotopic (exact) mass is 214 g/mol. The van der Waals surface area contributed by atoms with Crippen molar-refractivity contribution < 1.29 is 13.6 Å². The molecule has 0 aliphatic carbocycles. The maximum Gasteiger partial charge on any atom is 0.225 e. The summed E-state index contributed by atoms with van der Waals surface area (Å²) in [6.07, 6.45) is 0.680. The highest BCUT2D eigenvalue weighted by molar-refractivity contribution is 6.90. The van der Waals surface area contributed by atoms with Crippen molar-refractivity contribution in [1.82, 2.24) is 0 Å². The summed E-state index contributed by atoms with van der Waals surface area (Å²) in [7, 11) is -2.70. The first kappa shape index (κ1) is 11.0. The zero-order valence-electron chi connectivity index (χ0n) is 8.13. The Kier molecular flexibility index (Phi) is 3.16. The van der Waals surface area contributed by atoms with E-state index in [2.05, 4.69) is 0 Å². The Bertz CT molecular complexity index is 337. The highest BCUT2D eigenvalue weighted by Gasteiger charge is 2.34. The summed E-state index contributed by atoms with van der Waals surface area (Å²) in [6, 6.07) is 4.20. The van der Waals surface area contributed by atoms with E-state index in [4.69, 9.17) is 0 Å². The van der Waals surface area contributed by atoms with Gasteiger partial charge in [0.05, 0.1) is 0 Å². The van der Waals surface area contributed by atoms with Crippen LogP contribution in [0.15, 0.2) is 24.3 Å². The predicted octanol–water partition coefficient (Wildman–Crippen LogP) is 2.22. The van der Waals surface area contributed by atoms with Gasteiger partial charge >= 0.3 is 0 Å². The Hall–Kier alpha value is -1.03. The molecule has 0 atom stereocenters. The molecular formula is C10H12F2OSi. The molecule has 0 aromatic heterocycles. The van der Waals surface area contributed by atoms with Gasteiger partial charge in [0, 0.05) is 5.56 Å². The molecule has 0 N–H and O–H groups in total. The number of hydrogen-bond donors (Lipinski definition) is 0. The van der Waals surface area contributed by atoms with E-state index in [1.165, 1.54) is 0 Å². The van der Waals surface area contributed by atoms with Crippen LogP contribution < -0.4 is 5.19 Å². The summed E-state index contributed by atoms with van der Waals surface area (Å²) in [5, 5.41) is 0.622. The van der Waals surface area contributed by atoms with Crippen molar-refractivity contribution in [2.45, 2.75) is 19.1 Å². The zero-order chi connectivity index (χ0) is 10.8. The number of carbonyl (C=O) groups excluding carboxylic acids is 1. The van der Waals surface area contributed by atoms with Crippen molar-refractivity contribution in [1.29, 1.82) is 0 Å². The van der Waals surface area contributed by atoms with Crippen LogP contribution in [0.2, 0.25) is 13.1 Å². The van der Waals surface area contributed by atoms with Gasteiger partial charge in [0.25, 0.3) is 0 Å². The second-order valence-corrected chi connectivity index (χ2v) is 8.22. The molecular weight excluding hydrogens is 202 g/mol. The van der Waals surface area contributed by atoms with Gasteiger partial charge in [0.2, 0.25) is 6.05 Å². The van der Waals surface area contributed by atoms with Crippen LogP contribution in [0.4, 0.5) is 8.78 Å². The van der Waals surface area contributed by atoms with E-state index < -0.39 is 14.1 Å². The molecule has 76 valence electrons. The van der Waals surface area contributed by atoms with Crippen molar-refractivity contribution >= 4 is 19.5 Å². The number of alkyl halides is 2. The van der Waals surface area contributed by atoms with Crippen molar-refractivity contribution in [2.75, 3.05) is 0 Å². The van der Waals surface area contributed by atoms with E-state index in [0.717, 1.165) is 0 Å². The first-order chi connectivity index (χ1) is 6.48. The van der Waals surface area contributed by atoms with Gasteiger partial charge in [0.1, 0.15) is 6.29 Å². The number of hydrogen-bond acceptors (Lipinski definition) is 1. The molecule has 1 rings (SSSR count). The summed E-state index contributed by atoms with van der Waals surface area (Å²) in [5.74, 6) is 0. The SMILES string of the molecule is C[Si](C)(c1cccc(C=O)c1)C(F)F. The molecule has 1 aromatic rings. The van der Waals surface area contributed by atoms with Gasteiger partial charge in [-0.05, 0) is 0 Å². The lowest BCUT2D eigenvalue weighted by Gasteiger charge is -2.21. The van der Waals surface area contributed by atoms with Crippen molar-refractivity contribution in [3.05, 3.63) is 29.8 Å². The molecule has 0 amide bonds. The van der Waals surface area contributed by atoms with Gasteiger partial charge < -0.3 is 0 Å². The average molecular weight is 214 g/mol. The third-order valence-electron chi connectivity index (χ3n) is 2.31. The van der Waals surface area contributed by atoms with Crippen LogP contribution in [-0.4, -0.2) is 20.4 Å². The summed E-state index contributed by atoms with van der Waals surface area (Å²) < 4.78 is 25.4. The minimum Gasteiger partial charge on any atom is -0.298 e. The Labute approximate surface area is 82.8 Å². The van der Waals surface area contributed by atoms with Gasteiger partial charge in [-0.15, -0.1) is 0 Å². The van der Waals surface area contributed by atoms with Gasteiger partial charge in [0.15, 0.2) is 8.07 Å². The molecule has 0 radical (unpaired) electrons. The fraction of sp³-hybridized carbons (Fsp3) is 0.300. The molecule has 0 saturated heterocycles. The van der Waals surface area contributed by atoms with Crippen molar-refractivity contribution in [3.63, 3.8) is 0 Å². The Balaban J connectivity index is 3.12. The molecule has 0 spiro atoms. The fourth-order valence-corrected chi connectivity index (χ4v) is 2.46. The van der Waals surface area contributed by atoms with E-state index in [9.17, 15) is 13.6 Å². The molecule has 1 aromatic carbocycles. The molecule has 1 nitrogen and oxygen atoms in total. The maximum atomic E-state index is 12.7. The predicted molar refractivity (Wildman–Crippen MR) is 54.9 cm³/mol. The van der Waals surface area contributed by atoms with Crippen molar-refractivity contribution in [2.24, 2.45) is 0 Å². The highest BCUT2D eigenvalue weighted by atomic mass is 28.3. The first-order valence-electron chi connectivity index (χ1n) is 4.32. The van der Waals surface area contributed by atoms with Crippen LogP contribution in [-0.2, 0) is 0 Å². The number of aldehydes is 1. The first-order valence-corrected chi connectivity index (χ1v) is 7.40. The van der Waals surface area contributed by atoms with Gasteiger partial charge in [-0.2, -0.15) is 0 Å². The molecule has 0 aliphatic heterocycles. The Morgan fingerprint density at radius 3 is 2.50 bits per heavy atom. The van der Waals surface area contributed by atoms with Gasteiger partial charge in [-0.25, -0.2) is 8.78 Å². The molecule has 4 heteroatoms. The Morgan fingerprint density at radius 1 is 1.36 bits per heavy atom. The standard InChI is InChI=1S/C10H12F2OSi/c1-14(2,10(11)12)9-5-3-4-8(6-9)7-13/h3-7,10H,1-2H3. The molecule has 0 heterocycles. The van der Waals surface area contributed by atoms with E-state index in [-0.39, 0.29) is 0 Å². The maximum absolute atomic E-state index is 12.7. The lowest BCUT2D eigenvalue weighted by molar-refractivity contribution is 0.112. The number of rotatable bonds is 3. The molecule has 0 bridgehead atoms. The minimum atomic E-state index is -2.70. The number of halogens is 2. The molecule has 0 fully saturated rings. The number of carbonyl (C=O) groups is 1. The summed E-state index contributed by atoms with van der Waals surface area (Å²) in [6.45, 7) is 3.20. The van der Waals surface area contributed by atoms with Crippen LogP contribution in [0.1, 0.15) is 10.4 Å². The summed E-state index contributed by atoms with van der Waals surface area (Å²) in [4.78, 5) is 10.5. The molecule has 0 saturated carbocycles. The highest BCUT2D eigenvalue weighted by Crippen LogP contribution is 2.13. The van der Waals surface area contributed by atoms with Gasteiger partial charge in [-0.1, -0.05) is 42.5 Å². The largest absolute Gasteiger partial charge is 0.298 e. The van der Waals surface area contributed by atoms with E-state index >= 15 is 0 Å². The number of benzene rings is 1. The Morgan fingerprint density at radius 2 is 2.00 bits per heavy atom. The summed E-state index contributed by atoms with van der Waals surface area (Å²) >= 11 is 0. The van der Waals surface area contributed by atoms with E-state index in [1.807, 2.05) is 0 Å². The molecule has 0 aliphatic rings. The van der Waals surface area contributed by atoms with Crippen LogP contribution in [0.3, 0.4) is 0 Å². The van der Waals surface area contributed by atoms with Crippen LogP contribution in [0.5, 0.6) is 0 Å². The third kappa shape index (κ3) is 2.07. The summed E-state index contributed by atoms with van der Waals surface area (Å²) in [5.41, 5.74) is 0.462. The van der Waals surface area contributed by atoms with Crippen LogP contribution >= 0.6 is 0 Å². The lowest BCUT2D eigenvalue weighted by atomic mass is 10.2. The third-order valence-corrected chi connectivity index (χ3v) is 5.20. The topological polar surface area (TPSA) is 17.1 Å². The zero-order valence-corrected chi connectivity index (χ0v) is 9.13. The minimum absolute atomic E-state index is 0.462. The fourth-order valence-electron chi connectivity index (χ4n) is 1.14. The average Bonchev–Trinajstić information content (AvgIpc) is 2.17. The van der Waals surface area contributed by atoms with E-state index in [0.29, 0.717) is 17.0 Å². The lowest BCUT2D eigenvalue weighted by Crippen LogP contribution is -2.48. The van der Waals surface area contributed by atoms with E-state index in [1.54, 1.807) is 37.4 Å². The van der Waals surface area contributed by atoms with Gasteiger partial charge in [-0.3, -0.25) is 4.79 Å². The smallest absolute Gasteiger partial charge is 0.225 e. The van der Waals surface area contributed by atoms with Crippen LogP contribution in [0, 0.1) is 0 Å².